The van der Waals surface area contributed by atoms with Crippen molar-refractivity contribution in [2.45, 2.75) is 69.2 Å². The Labute approximate surface area is 161 Å². The van der Waals surface area contributed by atoms with Crippen LogP contribution in [0.15, 0.2) is 17.1 Å². The van der Waals surface area contributed by atoms with Crippen molar-refractivity contribution in [1.82, 2.24) is 9.55 Å². The van der Waals surface area contributed by atoms with Crippen molar-refractivity contribution in [3.8, 4) is 0 Å². The fourth-order valence-corrected chi connectivity index (χ4v) is 5.86. The lowest BCUT2D eigenvalue weighted by atomic mass is 9.96. The lowest BCUT2D eigenvalue weighted by Gasteiger charge is -2.36. The minimum atomic E-state index is -3.80. The maximum Gasteiger partial charge on any atom is 0.475 e. The Hall–Kier alpha value is -0.870. The molecule has 0 bridgehead atoms. The molecule has 2 saturated heterocycles. The van der Waals surface area contributed by atoms with Gasteiger partial charge in [0.2, 0.25) is 0 Å². The van der Waals surface area contributed by atoms with E-state index >= 15 is 0 Å². The molecular formula is C16H23N2O7PS. The minimum Gasteiger partial charge on any atom is -0.383 e. The molecule has 27 heavy (non-hydrogen) atoms. The molecule has 3 fully saturated rings. The number of H-pyrrole nitrogens is 1. The molecule has 5 atom stereocenters. The van der Waals surface area contributed by atoms with Crippen LogP contribution >= 0.6 is 20.0 Å². The first-order chi connectivity index (χ1) is 12.8. The predicted molar refractivity (Wildman–Crippen MR) is 96.8 cm³/mol. The summed E-state index contributed by atoms with van der Waals surface area (Å²) in [6.07, 6.45) is 3.58. The first-order valence-corrected chi connectivity index (χ1v) is 11.0. The highest BCUT2D eigenvalue weighted by molar-refractivity contribution is 7.71. The van der Waals surface area contributed by atoms with Gasteiger partial charge in [0.25, 0.3) is 5.56 Å². The maximum atomic E-state index is 13.0. The third-order valence-electron chi connectivity index (χ3n) is 5.29. The molecule has 2 aliphatic heterocycles. The van der Waals surface area contributed by atoms with Crippen molar-refractivity contribution in [3.05, 3.63) is 27.4 Å². The molecule has 0 aromatic carbocycles. The predicted octanol–water partition coefficient (Wildman–Crippen LogP) is 2.43. The first kappa shape index (κ1) is 19.4. The molecule has 1 aromatic heterocycles. The highest BCUT2D eigenvalue weighted by Crippen LogP contribution is 2.60. The number of hydrogen-bond donors (Lipinski definition) is 2. The molecule has 150 valence electrons. The summed E-state index contributed by atoms with van der Waals surface area (Å²) >= 11 is 5.16. The van der Waals surface area contributed by atoms with Crippen LogP contribution < -0.4 is 5.56 Å². The van der Waals surface area contributed by atoms with E-state index in [2.05, 4.69) is 4.98 Å². The molecule has 2 N–H and O–H groups in total. The number of rotatable bonds is 3. The lowest BCUT2D eigenvalue weighted by Crippen LogP contribution is -2.48. The topological polar surface area (TPSA) is 112 Å². The van der Waals surface area contributed by atoms with Crippen molar-refractivity contribution in [2.75, 3.05) is 6.61 Å². The van der Waals surface area contributed by atoms with E-state index in [0.29, 0.717) is 0 Å². The van der Waals surface area contributed by atoms with Crippen LogP contribution in [0, 0.1) is 4.77 Å². The second-order valence-corrected chi connectivity index (χ2v) is 9.37. The molecular weight excluding hydrogens is 395 g/mol. The zero-order valence-corrected chi connectivity index (χ0v) is 16.6. The Morgan fingerprint density at radius 2 is 2.15 bits per heavy atom. The zero-order chi connectivity index (χ0) is 19.2. The SMILES string of the molecule is CC1(O)[C@H]2OP(=O)(OC3CCCCC3)OC[C@H]2O[C@H]1n1ccc(=O)[nH]c1=S. The highest BCUT2D eigenvalue weighted by Gasteiger charge is 2.60. The van der Waals surface area contributed by atoms with Crippen molar-refractivity contribution < 1.29 is 28.0 Å². The smallest absolute Gasteiger partial charge is 0.383 e. The van der Waals surface area contributed by atoms with E-state index < -0.39 is 31.9 Å². The molecule has 9 nitrogen and oxygen atoms in total. The Morgan fingerprint density at radius 3 is 2.85 bits per heavy atom. The third kappa shape index (κ3) is 3.72. The molecule has 11 heteroatoms. The number of nitrogens with one attached hydrogen (secondary N) is 1. The van der Waals surface area contributed by atoms with Gasteiger partial charge >= 0.3 is 7.82 Å². The Bertz CT molecular complexity index is 863. The second kappa shape index (κ2) is 7.18. The normalized spacial score (nSPS) is 40.0. The lowest BCUT2D eigenvalue weighted by molar-refractivity contribution is -0.0947. The zero-order valence-electron chi connectivity index (χ0n) is 14.9. The summed E-state index contributed by atoms with van der Waals surface area (Å²) < 4.78 is 37.1. The van der Waals surface area contributed by atoms with Crippen LogP contribution in [0.5, 0.6) is 0 Å². The fraction of sp³-hybridized carbons (Fsp3) is 0.750. The largest absolute Gasteiger partial charge is 0.475 e. The van der Waals surface area contributed by atoms with Gasteiger partial charge in [0.15, 0.2) is 11.0 Å². The van der Waals surface area contributed by atoms with Gasteiger partial charge in [-0.1, -0.05) is 19.3 Å². The summed E-state index contributed by atoms with van der Waals surface area (Å²) in [5, 5.41) is 11.1. The van der Waals surface area contributed by atoms with E-state index in [1.54, 1.807) is 0 Å². The molecule has 0 radical (unpaired) electrons. The maximum absolute atomic E-state index is 13.0. The number of ether oxygens (including phenoxy) is 1. The van der Waals surface area contributed by atoms with Crippen LogP contribution in [0.3, 0.4) is 0 Å². The van der Waals surface area contributed by atoms with Gasteiger partial charge < -0.3 is 9.84 Å². The van der Waals surface area contributed by atoms with Crippen LogP contribution in [0.25, 0.3) is 0 Å². The molecule has 1 aliphatic carbocycles. The van der Waals surface area contributed by atoms with Gasteiger partial charge in [0.05, 0.1) is 12.7 Å². The number of phosphoric acid groups is 1. The van der Waals surface area contributed by atoms with Gasteiger partial charge in [0, 0.05) is 12.3 Å². The van der Waals surface area contributed by atoms with E-state index in [0.717, 1.165) is 32.1 Å². The van der Waals surface area contributed by atoms with Crippen molar-refractivity contribution in [3.63, 3.8) is 0 Å². The number of aromatic amines is 1. The average molecular weight is 418 g/mol. The van der Waals surface area contributed by atoms with E-state index in [1.165, 1.54) is 23.8 Å². The molecule has 0 amide bonds. The average Bonchev–Trinajstić information content (AvgIpc) is 2.86. The Balaban J connectivity index is 1.55. The van der Waals surface area contributed by atoms with E-state index in [-0.39, 0.29) is 23.0 Å². The molecule has 3 aliphatic rings. The van der Waals surface area contributed by atoms with E-state index in [9.17, 15) is 14.5 Å². The van der Waals surface area contributed by atoms with Gasteiger partial charge in [-0.25, -0.2) is 4.57 Å². The monoisotopic (exact) mass is 418 g/mol. The first-order valence-electron chi connectivity index (χ1n) is 9.09. The summed E-state index contributed by atoms with van der Waals surface area (Å²) in [4.78, 5) is 13.9. The Morgan fingerprint density at radius 1 is 1.41 bits per heavy atom. The highest BCUT2D eigenvalue weighted by atomic mass is 32.1. The molecule has 1 saturated carbocycles. The summed E-state index contributed by atoms with van der Waals surface area (Å²) in [5.74, 6) is 0. The summed E-state index contributed by atoms with van der Waals surface area (Å²) in [6.45, 7) is 1.49. The van der Waals surface area contributed by atoms with E-state index in [1.807, 2.05) is 0 Å². The molecule has 4 rings (SSSR count). The standard InChI is InChI=1S/C16H23N2O7PS/c1-16(20)13-11(23-14(16)18-8-7-12(19)17-15(18)27)9-22-26(21,25-13)24-10-5-3-2-4-6-10/h7-8,10-11,13-14,20H,2-6,9H2,1H3,(H,17,19,27)/t11-,13+,14-,16?,26?/m1/s1. The number of aliphatic hydroxyl groups is 1. The van der Waals surface area contributed by atoms with Crippen molar-refractivity contribution >= 4 is 20.0 Å². The number of aromatic nitrogens is 2. The number of nitrogens with zero attached hydrogens (tertiary/aromatic N) is 1. The van der Waals surface area contributed by atoms with Crippen LogP contribution in [0.2, 0.25) is 0 Å². The Kier molecular flexibility index (Phi) is 5.17. The summed E-state index contributed by atoms with van der Waals surface area (Å²) in [5.41, 5.74) is -1.91. The van der Waals surface area contributed by atoms with Crippen LogP contribution in [-0.4, -0.2) is 45.2 Å². The molecule has 0 spiro atoms. The molecule has 3 heterocycles. The van der Waals surface area contributed by atoms with Gasteiger partial charge in [-0.15, -0.1) is 0 Å². The van der Waals surface area contributed by atoms with Gasteiger partial charge in [-0.05, 0) is 32.0 Å². The fourth-order valence-electron chi connectivity index (χ4n) is 3.89. The molecule has 1 aromatic rings. The van der Waals surface area contributed by atoms with Crippen molar-refractivity contribution in [2.24, 2.45) is 0 Å². The minimum absolute atomic E-state index is 0.0298. The van der Waals surface area contributed by atoms with Gasteiger partial charge in [0.1, 0.15) is 17.8 Å². The number of hydrogen-bond acceptors (Lipinski definition) is 8. The third-order valence-corrected chi connectivity index (χ3v) is 7.11. The van der Waals surface area contributed by atoms with Crippen LogP contribution in [0.4, 0.5) is 0 Å². The summed E-state index contributed by atoms with van der Waals surface area (Å²) in [6, 6.07) is 1.28. The van der Waals surface area contributed by atoms with Crippen LogP contribution in [-0.2, 0) is 22.9 Å². The second-order valence-electron chi connectivity index (χ2n) is 7.40. The van der Waals surface area contributed by atoms with Crippen LogP contribution in [0.1, 0.15) is 45.3 Å². The van der Waals surface area contributed by atoms with E-state index in [4.69, 9.17) is 30.5 Å². The van der Waals surface area contributed by atoms with Gasteiger partial charge in [-0.3, -0.25) is 27.9 Å². The quantitative estimate of drug-likeness (QED) is 0.569. The molecule has 2 unspecified atom stereocenters. The van der Waals surface area contributed by atoms with Crippen molar-refractivity contribution in [1.29, 1.82) is 0 Å². The summed E-state index contributed by atoms with van der Waals surface area (Å²) in [7, 11) is -3.80. The number of fused-ring (bicyclic) bond motifs is 1. The number of phosphoric ester groups is 1. The van der Waals surface area contributed by atoms with Gasteiger partial charge in [-0.2, -0.15) is 0 Å².